The Balaban J connectivity index is 2.22. The normalized spacial score (nSPS) is 26.5. The maximum atomic E-state index is 11.1. The van der Waals surface area contributed by atoms with Crippen molar-refractivity contribution < 1.29 is 4.92 Å². The molecule has 0 spiro atoms. The lowest BCUT2D eigenvalue weighted by molar-refractivity contribution is -0.385. The first kappa shape index (κ1) is 14.0. The van der Waals surface area contributed by atoms with Crippen LogP contribution >= 0.6 is 0 Å². The molecule has 1 aromatic rings. The van der Waals surface area contributed by atoms with Crippen LogP contribution in [0.2, 0.25) is 0 Å². The average Bonchev–Trinajstić information content (AvgIpc) is 2.83. The summed E-state index contributed by atoms with van der Waals surface area (Å²) in [5.41, 5.74) is 7.11. The van der Waals surface area contributed by atoms with Crippen LogP contribution in [0.1, 0.15) is 38.2 Å². The summed E-state index contributed by atoms with van der Waals surface area (Å²) >= 11 is 0. The summed E-state index contributed by atoms with van der Waals surface area (Å²) in [7, 11) is 0. The largest absolute Gasteiger partial charge is 0.330 e. The van der Waals surface area contributed by atoms with Crippen LogP contribution in [0.15, 0.2) is 24.3 Å². The highest BCUT2D eigenvalue weighted by Crippen LogP contribution is 2.45. The van der Waals surface area contributed by atoms with Crippen molar-refractivity contribution in [3.63, 3.8) is 0 Å². The predicted molar refractivity (Wildman–Crippen MR) is 75.9 cm³/mol. The molecule has 1 saturated carbocycles. The van der Waals surface area contributed by atoms with Gasteiger partial charge in [0.15, 0.2) is 0 Å². The van der Waals surface area contributed by atoms with Crippen LogP contribution < -0.4 is 5.73 Å². The summed E-state index contributed by atoms with van der Waals surface area (Å²) in [6.45, 7) is 2.83. The van der Waals surface area contributed by atoms with E-state index in [2.05, 4.69) is 6.92 Å². The van der Waals surface area contributed by atoms with Crippen molar-refractivity contribution in [3.8, 4) is 0 Å². The molecular weight excluding hydrogens is 240 g/mol. The fourth-order valence-corrected chi connectivity index (χ4v) is 3.34. The van der Waals surface area contributed by atoms with E-state index in [0.717, 1.165) is 30.7 Å². The van der Waals surface area contributed by atoms with Gasteiger partial charge in [-0.3, -0.25) is 10.1 Å². The van der Waals surface area contributed by atoms with Gasteiger partial charge in [-0.25, -0.2) is 0 Å². The molecule has 2 unspecified atom stereocenters. The van der Waals surface area contributed by atoms with Gasteiger partial charge in [0.1, 0.15) is 0 Å². The van der Waals surface area contributed by atoms with Crippen molar-refractivity contribution in [2.75, 3.05) is 6.54 Å². The van der Waals surface area contributed by atoms with Gasteiger partial charge in [0.25, 0.3) is 5.69 Å². The molecule has 0 amide bonds. The molecule has 2 rings (SSSR count). The lowest BCUT2D eigenvalue weighted by Crippen LogP contribution is -2.30. The zero-order valence-electron chi connectivity index (χ0n) is 11.5. The first-order valence-electron chi connectivity index (χ1n) is 7.02. The molecule has 4 nitrogen and oxygen atoms in total. The number of nitro benzene ring substituents is 1. The summed E-state index contributed by atoms with van der Waals surface area (Å²) in [6.07, 6.45) is 5.31. The minimum absolute atomic E-state index is 0.0623. The highest BCUT2D eigenvalue weighted by atomic mass is 16.6. The Labute approximate surface area is 114 Å². The van der Waals surface area contributed by atoms with Gasteiger partial charge in [0.2, 0.25) is 0 Å². The molecule has 104 valence electrons. The minimum Gasteiger partial charge on any atom is -0.330 e. The van der Waals surface area contributed by atoms with Crippen LogP contribution in [0.25, 0.3) is 0 Å². The number of hydrogen-bond donors (Lipinski definition) is 1. The Hall–Kier alpha value is -1.42. The van der Waals surface area contributed by atoms with Gasteiger partial charge in [-0.2, -0.15) is 0 Å². The second-order valence-electron chi connectivity index (χ2n) is 5.78. The highest BCUT2D eigenvalue weighted by molar-refractivity contribution is 5.40. The second kappa shape index (κ2) is 5.70. The van der Waals surface area contributed by atoms with Crippen LogP contribution in [0.3, 0.4) is 0 Å². The molecule has 2 atom stereocenters. The van der Waals surface area contributed by atoms with Gasteiger partial charge < -0.3 is 5.73 Å². The van der Waals surface area contributed by atoms with E-state index >= 15 is 0 Å². The molecule has 1 aliphatic rings. The Kier molecular flexibility index (Phi) is 4.20. The van der Waals surface area contributed by atoms with Gasteiger partial charge >= 0.3 is 0 Å². The quantitative estimate of drug-likeness (QED) is 0.654. The molecule has 19 heavy (non-hydrogen) atoms. The van der Waals surface area contributed by atoms with Gasteiger partial charge in [0.05, 0.1) is 4.92 Å². The Morgan fingerprint density at radius 1 is 1.47 bits per heavy atom. The van der Waals surface area contributed by atoms with Gasteiger partial charge in [-0.05, 0) is 43.6 Å². The van der Waals surface area contributed by atoms with Gasteiger partial charge in [-0.1, -0.05) is 31.5 Å². The van der Waals surface area contributed by atoms with Crippen molar-refractivity contribution in [3.05, 3.63) is 39.9 Å². The topological polar surface area (TPSA) is 69.2 Å². The molecule has 0 radical (unpaired) electrons. The summed E-state index contributed by atoms with van der Waals surface area (Å²) < 4.78 is 0. The Bertz CT molecular complexity index is 461. The van der Waals surface area contributed by atoms with E-state index in [4.69, 9.17) is 5.73 Å². The van der Waals surface area contributed by atoms with E-state index in [0.29, 0.717) is 6.54 Å². The smallest absolute Gasteiger partial charge is 0.272 e. The third-order valence-corrected chi connectivity index (χ3v) is 4.57. The number of benzene rings is 1. The lowest BCUT2D eigenvalue weighted by atomic mass is 9.79. The van der Waals surface area contributed by atoms with Crippen LogP contribution in [0.4, 0.5) is 5.69 Å². The summed E-state index contributed by atoms with van der Waals surface area (Å²) in [5, 5.41) is 11.1. The van der Waals surface area contributed by atoms with E-state index in [-0.39, 0.29) is 16.0 Å². The summed E-state index contributed by atoms with van der Waals surface area (Å²) in [6, 6.07) is 7.06. The average molecular weight is 262 g/mol. The number of rotatable bonds is 5. The molecular formula is C15H22N2O2. The van der Waals surface area contributed by atoms with Crippen molar-refractivity contribution in [2.24, 2.45) is 17.1 Å². The molecule has 0 saturated heterocycles. The molecule has 0 heterocycles. The van der Waals surface area contributed by atoms with E-state index < -0.39 is 0 Å². The molecule has 1 aromatic carbocycles. The standard InChI is InChI=1S/C15H22N2O2/c1-2-12-7-8-15(9-12,11-16)10-13-5-3-4-6-14(13)17(18)19/h3-6,12H,2,7-11,16H2,1H3. The molecule has 1 aliphatic carbocycles. The molecule has 4 heteroatoms. The van der Waals surface area contributed by atoms with E-state index in [1.165, 1.54) is 12.8 Å². The van der Waals surface area contributed by atoms with Crippen molar-refractivity contribution in [1.82, 2.24) is 0 Å². The number of nitro groups is 1. The van der Waals surface area contributed by atoms with Gasteiger partial charge in [-0.15, -0.1) is 0 Å². The van der Waals surface area contributed by atoms with Crippen molar-refractivity contribution in [1.29, 1.82) is 0 Å². The molecule has 0 aromatic heterocycles. The highest BCUT2D eigenvalue weighted by Gasteiger charge is 2.38. The SMILES string of the molecule is CCC1CCC(CN)(Cc2ccccc2[N+](=O)[O-])C1. The number of nitrogens with zero attached hydrogens (tertiary/aromatic N) is 1. The minimum atomic E-state index is -0.286. The van der Waals surface area contributed by atoms with Crippen LogP contribution in [0.5, 0.6) is 0 Å². The number of para-hydroxylation sites is 1. The summed E-state index contributed by atoms with van der Waals surface area (Å²) in [5.74, 6) is 0.728. The van der Waals surface area contributed by atoms with E-state index in [1.54, 1.807) is 12.1 Å². The first-order valence-corrected chi connectivity index (χ1v) is 7.02. The van der Waals surface area contributed by atoms with Crippen LogP contribution in [-0.2, 0) is 6.42 Å². The molecule has 2 N–H and O–H groups in total. The molecule has 1 fully saturated rings. The second-order valence-corrected chi connectivity index (χ2v) is 5.78. The Morgan fingerprint density at radius 3 is 2.79 bits per heavy atom. The molecule has 0 aliphatic heterocycles. The fraction of sp³-hybridized carbons (Fsp3) is 0.600. The first-order chi connectivity index (χ1) is 9.10. The van der Waals surface area contributed by atoms with E-state index in [1.807, 2.05) is 12.1 Å². The third-order valence-electron chi connectivity index (χ3n) is 4.57. The van der Waals surface area contributed by atoms with Crippen LogP contribution in [-0.4, -0.2) is 11.5 Å². The fourth-order valence-electron chi connectivity index (χ4n) is 3.34. The van der Waals surface area contributed by atoms with Crippen molar-refractivity contribution in [2.45, 2.75) is 39.0 Å². The lowest BCUT2D eigenvalue weighted by Gasteiger charge is -2.27. The zero-order chi connectivity index (χ0) is 13.9. The van der Waals surface area contributed by atoms with Crippen LogP contribution in [0, 0.1) is 21.4 Å². The number of hydrogen-bond acceptors (Lipinski definition) is 3. The predicted octanol–water partition coefficient (Wildman–Crippen LogP) is 3.29. The van der Waals surface area contributed by atoms with E-state index in [9.17, 15) is 10.1 Å². The van der Waals surface area contributed by atoms with Gasteiger partial charge in [0, 0.05) is 11.6 Å². The summed E-state index contributed by atoms with van der Waals surface area (Å²) in [4.78, 5) is 10.8. The maximum Gasteiger partial charge on any atom is 0.272 e. The third kappa shape index (κ3) is 2.95. The number of nitrogens with two attached hydrogens (primary N) is 1. The maximum absolute atomic E-state index is 11.1. The van der Waals surface area contributed by atoms with Crippen molar-refractivity contribution >= 4 is 5.69 Å². The molecule has 0 bridgehead atoms. The Morgan fingerprint density at radius 2 is 2.21 bits per heavy atom. The zero-order valence-corrected chi connectivity index (χ0v) is 11.5. The monoisotopic (exact) mass is 262 g/mol.